The van der Waals surface area contributed by atoms with E-state index in [1.165, 1.54) is 304 Å². The molecule has 2 saturated carbocycles. The Bertz CT molecular complexity index is 2150. The fraction of sp³-hybridized carbons (Fsp3) is 0.824. The van der Waals surface area contributed by atoms with Gasteiger partial charge in [0.1, 0.15) is 6.04 Å². The molecule has 4 aliphatic rings. The Morgan fingerprint density at radius 2 is 0.710 bits per heavy atom. The summed E-state index contributed by atoms with van der Waals surface area (Å²) < 4.78 is 0. The Hall–Kier alpha value is -3.55. The molecule has 0 N–H and O–H groups in total. The van der Waals surface area contributed by atoms with Gasteiger partial charge in [-0.3, -0.25) is 33.8 Å². The lowest BCUT2D eigenvalue weighted by Gasteiger charge is -2.44. The third-order valence-corrected chi connectivity index (χ3v) is 23.5. The number of unbranched alkanes of at least 4 members (excludes halogenated alkanes) is 32. The zero-order chi connectivity index (χ0) is 66.4. The van der Waals surface area contributed by atoms with Crippen molar-refractivity contribution >= 4 is 35.6 Å². The summed E-state index contributed by atoms with van der Waals surface area (Å²) in [7, 11) is 0. The summed E-state index contributed by atoms with van der Waals surface area (Å²) >= 11 is 0. The summed E-state index contributed by atoms with van der Waals surface area (Å²) in [6.45, 7) is 13.2. The van der Waals surface area contributed by atoms with Crippen molar-refractivity contribution in [2.75, 3.05) is 19.6 Å². The number of carbonyl (C=O) groups is 5. The maximum Gasteiger partial charge on any atom is 0.253 e. The van der Waals surface area contributed by atoms with Crippen LogP contribution in [-0.4, -0.2) is 69.9 Å². The minimum absolute atomic E-state index is 0.0938. The molecule has 2 heterocycles. The van der Waals surface area contributed by atoms with E-state index in [4.69, 9.17) is 0 Å². The highest BCUT2D eigenvalue weighted by atomic mass is 16.2. The Morgan fingerprint density at radius 1 is 0.387 bits per heavy atom. The fourth-order valence-corrected chi connectivity index (χ4v) is 17.9. The number of rotatable bonds is 57. The molecule has 8 nitrogen and oxygen atoms in total. The molecule has 3 fully saturated rings. The van der Waals surface area contributed by atoms with Crippen LogP contribution in [0.2, 0.25) is 0 Å². The van der Waals surface area contributed by atoms with E-state index in [1.807, 2.05) is 36.4 Å². The van der Waals surface area contributed by atoms with E-state index >= 15 is 0 Å². The Balaban J connectivity index is 1.09. The van der Waals surface area contributed by atoms with Crippen LogP contribution in [0.1, 0.15) is 380 Å². The first-order chi connectivity index (χ1) is 45.6. The van der Waals surface area contributed by atoms with Crippen molar-refractivity contribution in [3.8, 4) is 0 Å². The molecule has 0 spiro atoms. The van der Waals surface area contributed by atoms with Crippen LogP contribution in [0, 0.1) is 47.3 Å². The number of likely N-dealkylation sites (tertiary alicyclic amines) is 1. The highest BCUT2D eigenvalue weighted by molar-refractivity contribution is 6.12. The second-order valence-corrected chi connectivity index (χ2v) is 30.6. The predicted molar refractivity (Wildman–Crippen MR) is 395 cm³/mol. The standard InChI is InChI=1S/C85H145N3O5/c1-6-11-16-20-29-42-56-77-73(52-39-18-13-8-3)61-60-72(51-15-10-5)76(77)55-44-31-23-26-33-46-67-86(81(89)64-59-71-49-37-36-38-50-71)80-70-84(92)88(85(80)93)69-48-35-27-24-32-45-58-79-75(54-41-28-22-25-34-47-68-87-82(90)65-66-83(87)91)63-62-74(53-40-19-14-9-4)78(79)57-43-30-21-17-12-7-2/h36-38,49-50,59,64-66,72-80H,6-35,39-48,51-58,60-63,67-70H2,1-5H3/b64-59+. The topological polar surface area (TPSA) is 95.1 Å². The van der Waals surface area contributed by atoms with E-state index < -0.39 is 6.04 Å². The lowest BCUT2D eigenvalue weighted by molar-refractivity contribution is -0.142. The predicted octanol–water partition coefficient (Wildman–Crippen LogP) is 23.9. The third kappa shape index (κ3) is 31.2. The second-order valence-electron chi connectivity index (χ2n) is 30.6. The maximum absolute atomic E-state index is 14.3. The molecule has 1 aromatic carbocycles. The van der Waals surface area contributed by atoms with Crippen LogP contribution in [0.5, 0.6) is 0 Å². The van der Waals surface area contributed by atoms with Crippen molar-refractivity contribution in [2.24, 2.45) is 47.3 Å². The SMILES string of the molecule is CCCCCCCCC1C(CCCCCC)CCC(CCCC)C1CCCCCCCCN(C(=O)/C=C/c1ccccc1)C1CC(=O)N(CCCCCCCCC2C(CCCCCCCCN3C(=O)C=CC3=O)CCC(CCCCCC)C2CCCCCCCC)C1=O. The molecular formula is C85H145N3O5. The van der Waals surface area contributed by atoms with Gasteiger partial charge in [0.05, 0.1) is 6.42 Å². The van der Waals surface area contributed by atoms with E-state index in [-0.39, 0.29) is 36.0 Å². The van der Waals surface area contributed by atoms with Gasteiger partial charge in [-0.05, 0) is 130 Å². The number of imide groups is 2. The smallest absolute Gasteiger partial charge is 0.253 e. The van der Waals surface area contributed by atoms with Crippen LogP contribution in [0.25, 0.3) is 6.08 Å². The zero-order valence-electron chi connectivity index (χ0n) is 61.4. The van der Waals surface area contributed by atoms with Gasteiger partial charge in [0.2, 0.25) is 11.8 Å². The highest BCUT2D eigenvalue weighted by Crippen LogP contribution is 2.49. The Morgan fingerprint density at radius 3 is 1.11 bits per heavy atom. The summed E-state index contributed by atoms with van der Waals surface area (Å²) in [6.07, 6.45) is 74.5. The van der Waals surface area contributed by atoms with E-state index in [9.17, 15) is 24.0 Å². The van der Waals surface area contributed by atoms with E-state index in [1.54, 1.807) is 11.0 Å². The monoisotopic (exact) mass is 1290 g/mol. The number of nitrogens with zero attached hydrogens (tertiary/aromatic N) is 3. The van der Waals surface area contributed by atoms with Crippen LogP contribution in [0.4, 0.5) is 0 Å². The zero-order valence-corrected chi connectivity index (χ0v) is 61.4. The average Bonchev–Trinajstić information content (AvgIpc) is 1.85. The fourth-order valence-electron chi connectivity index (χ4n) is 17.9. The molecule has 2 aliphatic carbocycles. The maximum atomic E-state index is 14.3. The van der Waals surface area contributed by atoms with Crippen molar-refractivity contribution < 1.29 is 24.0 Å². The molecule has 0 bridgehead atoms. The van der Waals surface area contributed by atoms with Crippen LogP contribution in [0.15, 0.2) is 48.6 Å². The van der Waals surface area contributed by atoms with Gasteiger partial charge < -0.3 is 4.90 Å². The Labute approximate surface area is 573 Å². The van der Waals surface area contributed by atoms with Crippen molar-refractivity contribution in [3.63, 3.8) is 0 Å². The lowest BCUT2D eigenvalue weighted by Crippen LogP contribution is -2.45. The van der Waals surface area contributed by atoms with E-state index in [0.29, 0.717) is 19.6 Å². The molecule has 5 rings (SSSR count). The minimum atomic E-state index is -0.721. The van der Waals surface area contributed by atoms with Gasteiger partial charge >= 0.3 is 0 Å². The van der Waals surface area contributed by atoms with Crippen LogP contribution in [-0.2, 0) is 24.0 Å². The molecule has 8 heteroatoms. The molecule has 1 aromatic rings. The number of benzene rings is 1. The average molecular weight is 1290 g/mol. The first kappa shape index (κ1) is 80.1. The van der Waals surface area contributed by atoms with Crippen LogP contribution in [0.3, 0.4) is 0 Å². The molecule has 2 aliphatic heterocycles. The molecule has 5 amide bonds. The summed E-state index contributed by atoms with van der Waals surface area (Å²) in [5, 5.41) is 0. The van der Waals surface area contributed by atoms with Gasteiger partial charge in [-0.2, -0.15) is 0 Å². The quantitative estimate of drug-likeness (QED) is 0.0368. The first-order valence-corrected chi connectivity index (χ1v) is 41.1. The van der Waals surface area contributed by atoms with Crippen LogP contribution >= 0.6 is 0 Å². The summed E-state index contributed by atoms with van der Waals surface area (Å²) in [4.78, 5) is 70.8. The number of hydrogen-bond donors (Lipinski definition) is 0. The van der Waals surface area contributed by atoms with Gasteiger partial charge in [0.15, 0.2) is 0 Å². The number of hydrogen-bond acceptors (Lipinski definition) is 5. The molecule has 0 aromatic heterocycles. The van der Waals surface area contributed by atoms with E-state index in [0.717, 1.165) is 104 Å². The van der Waals surface area contributed by atoms with Gasteiger partial charge in [-0.1, -0.05) is 328 Å². The summed E-state index contributed by atoms with van der Waals surface area (Å²) in [5.74, 6) is 6.34. The summed E-state index contributed by atoms with van der Waals surface area (Å²) in [6, 6.07) is 9.21. The molecule has 0 radical (unpaired) electrons. The molecular weight excluding hydrogens is 1140 g/mol. The minimum Gasteiger partial charge on any atom is -0.327 e. The molecule has 9 atom stereocenters. The van der Waals surface area contributed by atoms with Crippen molar-refractivity contribution in [1.82, 2.24) is 14.7 Å². The van der Waals surface area contributed by atoms with Gasteiger partial charge in [-0.25, -0.2) is 0 Å². The van der Waals surface area contributed by atoms with Gasteiger partial charge in [-0.15, -0.1) is 0 Å². The van der Waals surface area contributed by atoms with Crippen molar-refractivity contribution in [1.29, 1.82) is 0 Å². The van der Waals surface area contributed by atoms with E-state index in [2.05, 4.69) is 34.6 Å². The molecule has 1 saturated heterocycles. The Kier molecular flexibility index (Phi) is 43.7. The normalized spacial score (nSPS) is 22.6. The number of carbonyl (C=O) groups excluding carboxylic acids is 5. The first-order valence-electron chi connectivity index (χ1n) is 41.1. The van der Waals surface area contributed by atoms with Gasteiger partial charge in [0.25, 0.3) is 17.7 Å². The second kappa shape index (κ2) is 50.7. The number of amides is 5. The van der Waals surface area contributed by atoms with Crippen LogP contribution < -0.4 is 0 Å². The third-order valence-electron chi connectivity index (χ3n) is 23.5. The largest absolute Gasteiger partial charge is 0.327 e. The van der Waals surface area contributed by atoms with Gasteiger partial charge in [0, 0.05) is 37.9 Å². The summed E-state index contributed by atoms with van der Waals surface area (Å²) in [5.41, 5.74) is 0.953. The molecule has 93 heavy (non-hydrogen) atoms. The highest BCUT2D eigenvalue weighted by Gasteiger charge is 2.43. The van der Waals surface area contributed by atoms with Crippen molar-refractivity contribution in [2.45, 2.75) is 381 Å². The molecule has 530 valence electrons. The lowest BCUT2D eigenvalue weighted by atomic mass is 9.61. The van der Waals surface area contributed by atoms with Crippen molar-refractivity contribution in [3.05, 3.63) is 54.1 Å². The molecule has 9 unspecified atom stereocenters.